The summed E-state index contributed by atoms with van der Waals surface area (Å²) in [7, 11) is 1.52. The molecular weight excluding hydrogens is 791 g/mol. The van der Waals surface area contributed by atoms with Gasteiger partial charge in [-0.05, 0) is 138 Å². The fourth-order valence-electron chi connectivity index (χ4n) is 9.99. The minimum atomic E-state index is -0.399. The second-order valence-electron chi connectivity index (χ2n) is 19.3. The first-order chi connectivity index (χ1) is 30.6. The number of para-hydroxylation sites is 1. The highest BCUT2D eigenvalue weighted by Crippen LogP contribution is 2.50. The summed E-state index contributed by atoms with van der Waals surface area (Å²) in [5.41, 5.74) is 9.45. The number of carbonyl (C=O) groups is 4. The van der Waals surface area contributed by atoms with Crippen LogP contribution in [-0.2, 0) is 10.8 Å². The molecule has 0 spiro atoms. The van der Waals surface area contributed by atoms with Crippen LogP contribution in [0.4, 0.5) is 22.7 Å². The molecule has 0 aliphatic carbocycles. The summed E-state index contributed by atoms with van der Waals surface area (Å²) in [6.45, 7) is 13.3. The molecule has 2 aliphatic rings. The van der Waals surface area contributed by atoms with Crippen molar-refractivity contribution >= 4 is 89.5 Å². The third-order valence-corrected chi connectivity index (χ3v) is 13.4. The number of benzene rings is 9. The number of amides is 4. The molecule has 0 saturated heterocycles. The second-order valence-corrected chi connectivity index (χ2v) is 19.3. The van der Waals surface area contributed by atoms with E-state index in [2.05, 4.69) is 119 Å². The van der Waals surface area contributed by atoms with Gasteiger partial charge in [0.05, 0.1) is 5.69 Å². The van der Waals surface area contributed by atoms with Gasteiger partial charge in [-0.15, -0.1) is 0 Å². The van der Waals surface area contributed by atoms with Gasteiger partial charge in [0.15, 0.2) is 0 Å². The lowest BCUT2D eigenvalue weighted by Crippen LogP contribution is -2.40. The van der Waals surface area contributed by atoms with Crippen molar-refractivity contribution in [3.05, 3.63) is 179 Å². The molecule has 0 N–H and O–H groups in total. The molecule has 2 heterocycles. The summed E-state index contributed by atoms with van der Waals surface area (Å²) in [4.78, 5) is 61.3. The van der Waals surface area contributed by atoms with Crippen molar-refractivity contribution in [3.63, 3.8) is 0 Å². The van der Waals surface area contributed by atoms with Crippen molar-refractivity contribution in [1.29, 1.82) is 0 Å². The minimum absolute atomic E-state index is 0.00137. The van der Waals surface area contributed by atoms with Gasteiger partial charge in [-0.3, -0.25) is 24.1 Å². The Morgan fingerprint density at radius 1 is 0.391 bits per heavy atom. The SMILES string of the molecule is CN1C(=O)c2ccc3c4ccc5c6c(cc(-c7ccc(N(c8ccc(C(C)(C)C)cc8)c8ccc(C(C)(C)C)cc8)cc7)c(c7ccc(c2c37)C1=O)c64)C(=O)N(c1ccccc1)C5=O. The third-order valence-electron chi connectivity index (χ3n) is 13.4. The van der Waals surface area contributed by atoms with Gasteiger partial charge >= 0.3 is 0 Å². The van der Waals surface area contributed by atoms with Crippen molar-refractivity contribution in [2.24, 2.45) is 0 Å². The number of hydrogen-bond acceptors (Lipinski definition) is 5. The monoisotopic (exact) mass is 835 g/mol. The van der Waals surface area contributed by atoms with Crippen molar-refractivity contribution in [3.8, 4) is 11.1 Å². The van der Waals surface area contributed by atoms with E-state index in [4.69, 9.17) is 0 Å². The van der Waals surface area contributed by atoms with E-state index >= 15 is 0 Å². The maximum absolute atomic E-state index is 14.8. The van der Waals surface area contributed by atoms with Gasteiger partial charge in [0, 0.05) is 57.1 Å². The first-order valence-electron chi connectivity index (χ1n) is 21.7. The van der Waals surface area contributed by atoms with Gasteiger partial charge in [-0.2, -0.15) is 0 Å². The Labute approximate surface area is 371 Å². The average molecular weight is 836 g/mol. The van der Waals surface area contributed by atoms with Gasteiger partial charge < -0.3 is 4.90 Å². The second kappa shape index (κ2) is 13.7. The molecule has 2 aliphatic heterocycles. The van der Waals surface area contributed by atoms with Crippen molar-refractivity contribution < 1.29 is 19.2 Å². The molecule has 11 rings (SSSR count). The predicted octanol–water partition coefficient (Wildman–Crippen LogP) is 13.5. The normalized spacial score (nSPS) is 14.2. The Morgan fingerprint density at radius 3 is 1.34 bits per heavy atom. The van der Waals surface area contributed by atoms with E-state index in [0.717, 1.165) is 60.5 Å². The zero-order valence-corrected chi connectivity index (χ0v) is 36.8. The smallest absolute Gasteiger partial charge is 0.266 e. The van der Waals surface area contributed by atoms with E-state index in [9.17, 15) is 19.2 Å². The maximum Gasteiger partial charge on any atom is 0.266 e. The van der Waals surface area contributed by atoms with E-state index in [0.29, 0.717) is 38.7 Å². The zero-order valence-electron chi connectivity index (χ0n) is 36.8. The standard InChI is InChI=1S/C57H45N3O4/c1-56(2,3)33-15-21-37(22-16-33)59(38-23-17-34(18-24-38)57(4,5)6)36-19-13-32(14-20-36)45-31-46-50-44(54(63)60(55(46)64)35-11-9-8-10-12-35)29-26-40-39-25-28-42-49-43(53(62)58(7)52(42)61)30-27-41(47(39)49)48(45)51(40)50/h8-31H,1-7H3. The van der Waals surface area contributed by atoms with E-state index in [1.165, 1.54) is 28.0 Å². The van der Waals surface area contributed by atoms with Crippen LogP contribution in [0, 0.1) is 0 Å². The van der Waals surface area contributed by atoms with Crippen molar-refractivity contribution in [1.82, 2.24) is 4.90 Å². The lowest BCUT2D eigenvalue weighted by Gasteiger charge is -2.30. The number of fused-ring (bicyclic) bond motifs is 2. The first kappa shape index (κ1) is 39.2. The van der Waals surface area contributed by atoms with Crippen LogP contribution in [0.2, 0.25) is 0 Å². The van der Waals surface area contributed by atoms with E-state index < -0.39 is 5.91 Å². The number of carbonyl (C=O) groups excluding carboxylic acids is 4. The summed E-state index contributed by atoms with van der Waals surface area (Å²) in [5, 5.41) is 6.18. The summed E-state index contributed by atoms with van der Waals surface area (Å²) in [6.07, 6.45) is 0. The van der Waals surface area contributed by atoms with Crippen LogP contribution >= 0.6 is 0 Å². The number of rotatable bonds is 5. The molecule has 312 valence electrons. The van der Waals surface area contributed by atoms with Crippen molar-refractivity contribution in [2.75, 3.05) is 16.8 Å². The van der Waals surface area contributed by atoms with Crippen LogP contribution in [0.3, 0.4) is 0 Å². The summed E-state index contributed by atoms with van der Waals surface area (Å²) >= 11 is 0. The molecule has 0 fully saturated rings. The molecule has 0 unspecified atom stereocenters. The highest BCUT2D eigenvalue weighted by atomic mass is 16.2. The van der Waals surface area contributed by atoms with Crippen LogP contribution in [0.1, 0.15) is 94.1 Å². The summed E-state index contributed by atoms with van der Waals surface area (Å²) < 4.78 is 0. The van der Waals surface area contributed by atoms with Gasteiger partial charge in [0.25, 0.3) is 23.6 Å². The average Bonchev–Trinajstić information content (AvgIpc) is 3.29. The molecule has 64 heavy (non-hydrogen) atoms. The number of imide groups is 2. The van der Waals surface area contributed by atoms with Gasteiger partial charge in [0.1, 0.15) is 0 Å². The van der Waals surface area contributed by atoms with Crippen LogP contribution in [0.25, 0.3) is 54.2 Å². The highest BCUT2D eigenvalue weighted by molar-refractivity contribution is 6.45. The molecule has 0 radical (unpaired) electrons. The molecule has 0 atom stereocenters. The Balaban J connectivity index is 1.17. The first-order valence-corrected chi connectivity index (χ1v) is 21.7. The quantitative estimate of drug-likeness (QED) is 0.0980. The lowest BCUT2D eigenvalue weighted by atomic mass is 9.79. The molecular formula is C57H45N3O4. The van der Waals surface area contributed by atoms with Crippen LogP contribution in [0.5, 0.6) is 0 Å². The topological polar surface area (TPSA) is 78.0 Å². The largest absolute Gasteiger partial charge is 0.311 e. The molecule has 0 aromatic heterocycles. The van der Waals surface area contributed by atoms with Crippen LogP contribution < -0.4 is 9.80 Å². The van der Waals surface area contributed by atoms with E-state index in [-0.39, 0.29) is 28.6 Å². The highest BCUT2D eigenvalue weighted by Gasteiger charge is 2.38. The molecule has 9 aromatic carbocycles. The molecule has 9 aromatic rings. The van der Waals surface area contributed by atoms with Gasteiger partial charge in [-0.25, -0.2) is 4.90 Å². The number of nitrogens with zero attached hydrogens (tertiary/aromatic N) is 3. The fraction of sp³-hybridized carbons (Fsp3) is 0.158. The molecule has 0 bridgehead atoms. The predicted molar refractivity (Wildman–Crippen MR) is 259 cm³/mol. The Bertz CT molecular complexity index is 3390. The lowest BCUT2D eigenvalue weighted by molar-refractivity contribution is 0.0649. The van der Waals surface area contributed by atoms with Gasteiger partial charge in [0.2, 0.25) is 0 Å². The van der Waals surface area contributed by atoms with E-state index in [1.54, 1.807) is 18.2 Å². The fourth-order valence-corrected chi connectivity index (χ4v) is 9.99. The number of anilines is 4. The summed E-state index contributed by atoms with van der Waals surface area (Å²) in [6, 6.07) is 48.2. The minimum Gasteiger partial charge on any atom is -0.311 e. The Morgan fingerprint density at radius 2 is 0.828 bits per heavy atom. The Kier molecular flexibility index (Phi) is 8.38. The maximum atomic E-state index is 14.8. The molecule has 4 amide bonds. The molecule has 0 saturated carbocycles. The van der Waals surface area contributed by atoms with Crippen LogP contribution in [-0.4, -0.2) is 35.6 Å². The summed E-state index contributed by atoms with van der Waals surface area (Å²) in [5.74, 6) is -1.49. The molecule has 7 heteroatoms. The zero-order chi connectivity index (χ0) is 44.6. The third kappa shape index (κ3) is 5.66. The molecule has 7 nitrogen and oxygen atoms in total. The Hall–Kier alpha value is -7.64. The van der Waals surface area contributed by atoms with E-state index in [1.807, 2.05) is 54.6 Å². The van der Waals surface area contributed by atoms with Crippen molar-refractivity contribution in [2.45, 2.75) is 52.4 Å². The van der Waals surface area contributed by atoms with Gasteiger partial charge in [-0.1, -0.05) is 114 Å². The van der Waals surface area contributed by atoms with Crippen LogP contribution in [0.15, 0.2) is 146 Å². The number of hydrogen-bond donors (Lipinski definition) is 0.